The highest BCUT2D eigenvalue weighted by atomic mass is 32.1. The number of carbonyl (C=O) groups excluding carboxylic acids is 1. The molecule has 0 aliphatic heterocycles. The van der Waals surface area contributed by atoms with E-state index >= 15 is 0 Å². The van der Waals surface area contributed by atoms with Crippen LogP contribution in [0.4, 0.5) is 0 Å². The normalized spacial score (nSPS) is 10.6. The molecule has 0 fully saturated rings. The van der Waals surface area contributed by atoms with Crippen molar-refractivity contribution in [3.05, 3.63) is 58.6 Å². The molecule has 0 bridgehead atoms. The summed E-state index contributed by atoms with van der Waals surface area (Å²) in [6.45, 7) is 3.84. The van der Waals surface area contributed by atoms with Gasteiger partial charge in [0.25, 0.3) is 0 Å². The average molecular weight is 413 g/mol. The molecule has 0 saturated carbocycles. The number of thiazole rings is 1. The lowest BCUT2D eigenvalue weighted by molar-refractivity contribution is 0.103. The van der Waals surface area contributed by atoms with E-state index in [1.165, 1.54) is 38.2 Å². The van der Waals surface area contributed by atoms with Gasteiger partial charge >= 0.3 is 0 Å². The van der Waals surface area contributed by atoms with Crippen LogP contribution in [0.15, 0.2) is 41.8 Å². The molecule has 0 amide bonds. The topological polar surface area (TPSA) is 69.7 Å². The first-order chi connectivity index (χ1) is 14.1. The van der Waals surface area contributed by atoms with Crippen LogP contribution in [0.3, 0.4) is 0 Å². The van der Waals surface area contributed by atoms with Crippen molar-refractivity contribution in [2.45, 2.75) is 13.5 Å². The maximum absolute atomic E-state index is 13.0. The second-order valence-electron chi connectivity index (χ2n) is 6.26. The number of hydrogen-bond donors (Lipinski definition) is 1. The van der Waals surface area contributed by atoms with E-state index in [1.807, 2.05) is 12.1 Å². The molecule has 7 heteroatoms. The zero-order valence-electron chi connectivity index (χ0n) is 16.9. The van der Waals surface area contributed by atoms with Crippen LogP contribution in [0, 0.1) is 0 Å². The SMILES string of the molecule is CCNCc1ccc(-c2nc(C(=O)c3cc(OC)c(OC)c(OC)c3)cs2)cc1. The molecular formula is C22H24N2O4S. The van der Waals surface area contributed by atoms with Gasteiger partial charge in [-0.05, 0) is 24.2 Å². The predicted molar refractivity (Wildman–Crippen MR) is 114 cm³/mol. The number of hydrogen-bond acceptors (Lipinski definition) is 7. The lowest BCUT2D eigenvalue weighted by Crippen LogP contribution is -2.11. The van der Waals surface area contributed by atoms with Crippen LogP contribution in [0.5, 0.6) is 17.2 Å². The van der Waals surface area contributed by atoms with Crippen molar-refractivity contribution < 1.29 is 19.0 Å². The Morgan fingerprint density at radius 1 is 1.03 bits per heavy atom. The van der Waals surface area contributed by atoms with Crippen LogP contribution in [-0.4, -0.2) is 38.6 Å². The zero-order chi connectivity index (χ0) is 20.8. The van der Waals surface area contributed by atoms with Crippen LogP contribution >= 0.6 is 11.3 Å². The summed E-state index contributed by atoms with van der Waals surface area (Å²) in [7, 11) is 4.57. The van der Waals surface area contributed by atoms with Crippen LogP contribution in [0.2, 0.25) is 0 Å². The molecule has 0 spiro atoms. The minimum absolute atomic E-state index is 0.199. The first-order valence-corrected chi connectivity index (χ1v) is 10.1. The molecule has 1 N–H and O–H groups in total. The van der Waals surface area contributed by atoms with E-state index in [1.54, 1.807) is 17.5 Å². The fourth-order valence-electron chi connectivity index (χ4n) is 2.91. The summed E-state index contributed by atoms with van der Waals surface area (Å²) in [6.07, 6.45) is 0. The molecule has 6 nitrogen and oxygen atoms in total. The van der Waals surface area contributed by atoms with Crippen LogP contribution in [-0.2, 0) is 6.54 Å². The van der Waals surface area contributed by atoms with E-state index in [4.69, 9.17) is 14.2 Å². The Kier molecular flexibility index (Phi) is 6.85. The molecule has 0 saturated heterocycles. The molecule has 29 heavy (non-hydrogen) atoms. The number of benzene rings is 2. The molecule has 3 aromatic rings. The molecular weight excluding hydrogens is 388 g/mol. The third-order valence-electron chi connectivity index (χ3n) is 4.44. The summed E-state index contributed by atoms with van der Waals surface area (Å²) >= 11 is 1.44. The molecule has 0 unspecified atom stereocenters. The Morgan fingerprint density at radius 2 is 1.69 bits per heavy atom. The van der Waals surface area contributed by atoms with Gasteiger partial charge in [-0.3, -0.25) is 4.79 Å². The van der Waals surface area contributed by atoms with Crippen molar-refractivity contribution >= 4 is 17.1 Å². The highest BCUT2D eigenvalue weighted by molar-refractivity contribution is 7.13. The van der Waals surface area contributed by atoms with Crippen molar-refractivity contribution in [3.8, 4) is 27.8 Å². The lowest BCUT2D eigenvalue weighted by Gasteiger charge is -2.13. The smallest absolute Gasteiger partial charge is 0.212 e. The van der Waals surface area contributed by atoms with Crippen LogP contribution in [0.25, 0.3) is 10.6 Å². The highest BCUT2D eigenvalue weighted by Crippen LogP contribution is 2.39. The molecule has 1 heterocycles. The van der Waals surface area contributed by atoms with E-state index in [0.29, 0.717) is 28.5 Å². The number of ketones is 1. The largest absolute Gasteiger partial charge is 0.493 e. The third-order valence-corrected chi connectivity index (χ3v) is 5.34. The molecule has 1 aromatic heterocycles. The Labute approximate surface area is 174 Å². The highest BCUT2D eigenvalue weighted by Gasteiger charge is 2.20. The van der Waals surface area contributed by atoms with Crippen molar-refractivity contribution in [1.29, 1.82) is 0 Å². The number of methoxy groups -OCH3 is 3. The van der Waals surface area contributed by atoms with Crippen molar-refractivity contribution in [2.24, 2.45) is 0 Å². The summed E-state index contributed by atoms with van der Waals surface area (Å²) < 4.78 is 16.0. The van der Waals surface area contributed by atoms with Gasteiger partial charge in [-0.15, -0.1) is 11.3 Å². The minimum Gasteiger partial charge on any atom is -0.493 e. The number of ether oxygens (including phenoxy) is 3. The Balaban J connectivity index is 1.86. The second kappa shape index (κ2) is 9.54. The van der Waals surface area contributed by atoms with Gasteiger partial charge in [-0.1, -0.05) is 31.2 Å². The number of nitrogens with one attached hydrogen (secondary N) is 1. The van der Waals surface area contributed by atoms with E-state index < -0.39 is 0 Å². The third kappa shape index (κ3) is 4.58. The predicted octanol–water partition coefficient (Wildman–Crippen LogP) is 4.18. The lowest BCUT2D eigenvalue weighted by atomic mass is 10.1. The van der Waals surface area contributed by atoms with Crippen LogP contribution < -0.4 is 19.5 Å². The van der Waals surface area contributed by atoms with Gasteiger partial charge < -0.3 is 19.5 Å². The Bertz CT molecular complexity index is 958. The first kappa shape index (κ1) is 20.8. The maximum Gasteiger partial charge on any atom is 0.212 e. The first-order valence-electron chi connectivity index (χ1n) is 9.21. The monoisotopic (exact) mass is 412 g/mol. The number of nitrogens with zero attached hydrogens (tertiary/aromatic N) is 1. The molecule has 2 aromatic carbocycles. The van der Waals surface area contributed by atoms with Gasteiger partial charge in [0, 0.05) is 23.1 Å². The molecule has 0 aliphatic rings. The number of aromatic nitrogens is 1. The quantitative estimate of drug-likeness (QED) is 0.532. The van der Waals surface area contributed by atoms with Crippen molar-refractivity contribution in [1.82, 2.24) is 10.3 Å². The van der Waals surface area contributed by atoms with E-state index in [2.05, 4.69) is 29.4 Å². The maximum atomic E-state index is 13.0. The summed E-state index contributed by atoms with van der Waals surface area (Å²) in [5, 5.41) is 5.87. The molecule has 0 atom stereocenters. The van der Waals surface area contributed by atoms with Gasteiger partial charge in [0.1, 0.15) is 10.7 Å². The average Bonchev–Trinajstić information content (AvgIpc) is 3.26. The van der Waals surface area contributed by atoms with Gasteiger partial charge in [0.15, 0.2) is 11.5 Å². The van der Waals surface area contributed by atoms with E-state index in [9.17, 15) is 4.79 Å². The Hall–Kier alpha value is -2.90. The fourth-order valence-corrected chi connectivity index (χ4v) is 3.71. The van der Waals surface area contributed by atoms with E-state index in [-0.39, 0.29) is 5.78 Å². The zero-order valence-corrected chi connectivity index (χ0v) is 17.8. The number of rotatable bonds is 9. The van der Waals surface area contributed by atoms with Crippen LogP contribution in [0.1, 0.15) is 28.5 Å². The van der Waals surface area contributed by atoms with Crippen molar-refractivity contribution in [3.63, 3.8) is 0 Å². The molecule has 0 radical (unpaired) electrons. The molecule has 152 valence electrons. The number of carbonyl (C=O) groups is 1. The minimum atomic E-state index is -0.199. The molecule has 0 aliphatic carbocycles. The summed E-state index contributed by atoms with van der Waals surface area (Å²) in [4.78, 5) is 17.5. The molecule has 3 rings (SSSR count). The van der Waals surface area contributed by atoms with Gasteiger partial charge in [0.2, 0.25) is 11.5 Å². The Morgan fingerprint density at radius 3 is 2.24 bits per heavy atom. The summed E-state index contributed by atoms with van der Waals surface area (Å²) in [5.74, 6) is 1.11. The van der Waals surface area contributed by atoms with Crippen molar-refractivity contribution in [2.75, 3.05) is 27.9 Å². The fraction of sp³-hybridized carbons (Fsp3) is 0.273. The van der Waals surface area contributed by atoms with E-state index in [0.717, 1.165) is 23.7 Å². The van der Waals surface area contributed by atoms with Gasteiger partial charge in [-0.25, -0.2) is 4.98 Å². The van der Waals surface area contributed by atoms with Gasteiger partial charge in [0.05, 0.1) is 21.3 Å². The summed E-state index contributed by atoms with van der Waals surface area (Å²) in [6, 6.07) is 11.5. The van der Waals surface area contributed by atoms with Gasteiger partial charge in [-0.2, -0.15) is 0 Å². The second-order valence-corrected chi connectivity index (χ2v) is 7.12. The summed E-state index contributed by atoms with van der Waals surface area (Å²) in [5.41, 5.74) is 3.01. The standard InChI is InChI=1S/C22H24N2O4S/c1-5-23-12-14-6-8-15(9-7-14)22-24-17(13-29-22)20(25)16-10-18(26-2)21(28-4)19(11-16)27-3/h6-11,13,23H,5,12H2,1-4H3.